The SMILES string of the molecule is COC(=O)N[C@H](C(=O)N1CCC[C@H]1c1nc2ccc(-c3cnc(-c4ccc5nc([C@@H]6CCCN6C(=O)[C@@H](NC(=O)OC)C(C)C)[nH]c5c4)c(C)c3)cc2[nH]1)C(C)C. The third-order valence-corrected chi connectivity index (χ3v) is 11.2. The van der Waals surface area contributed by atoms with Crippen molar-refractivity contribution in [1.29, 1.82) is 0 Å². The van der Waals surface area contributed by atoms with E-state index in [2.05, 4.69) is 32.7 Å². The molecule has 57 heavy (non-hydrogen) atoms. The average molecular weight is 778 g/mol. The number of aromatic nitrogens is 5. The number of carbonyl (C=O) groups is 4. The fourth-order valence-electron chi connectivity index (χ4n) is 8.12. The second-order valence-electron chi connectivity index (χ2n) is 15.7. The molecule has 0 unspecified atom stereocenters. The number of nitrogens with zero attached hydrogens (tertiary/aromatic N) is 5. The van der Waals surface area contributed by atoms with Crippen molar-refractivity contribution in [3.05, 3.63) is 65.9 Å². The Morgan fingerprint density at radius 3 is 1.63 bits per heavy atom. The molecule has 2 fully saturated rings. The molecule has 5 heterocycles. The molecule has 2 aliphatic rings. The highest BCUT2D eigenvalue weighted by Gasteiger charge is 2.39. The fraction of sp³-hybridized carbons (Fsp3) is 0.452. The van der Waals surface area contributed by atoms with E-state index < -0.39 is 24.3 Å². The Labute approximate surface area is 331 Å². The van der Waals surface area contributed by atoms with Gasteiger partial charge in [0, 0.05) is 30.4 Å². The molecule has 0 saturated carbocycles. The molecule has 4 atom stereocenters. The zero-order chi connectivity index (χ0) is 40.5. The van der Waals surface area contributed by atoms with Gasteiger partial charge in [-0.1, -0.05) is 39.8 Å². The number of likely N-dealkylation sites (tertiary alicyclic amines) is 2. The standard InChI is InChI=1S/C42H51N9O6/c1-22(2)34(48-41(54)56-6)39(52)50-16-8-10-32(50)37-44-28-14-12-25(19-30(28)46-37)27-18-24(5)36(43-21-27)26-13-15-29-31(20-26)47-38(45-29)33-11-9-17-51(33)40(53)35(23(3)4)49-42(55)57-7/h12-15,18-23,32-35H,8-11,16-17H2,1-7H3,(H,44,46)(H,45,47)(H,48,54)(H,49,55)/t32-,33-,34-,35-/m0/s1. The zero-order valence-corrected chi connectivity index (χ0v) is 33.5. The maximum Gasteiger partial charge on any atom is 0.407 e. The van der Waals surface area contributed by atoms with Crippen LogP contribution >= 0.6 is 0 Å². The van der Waals surface area contributed by atoms with Crippen molar-refractivity contribution in [2.75, 3.05) is 27.3 Å². The van der Waals surface area contributed by atoms with E-state index in [9.17, 15) is 19.2 Å². The fourth-order valence-corrected chi connectivity index (χ4v) is 8.12. The third kappa shape index (κ3) is 7.87. The van der Waals surface area contributed by atoms with Crippen molar-refractivity contribution in [3.8, 4) is 22.4 Å². The van der Waals surface area contributed by atoms with Crippen molar-refractivity contribution < 1.29 is 28.7 Å². The average Bonchev–Trinajstić information content (AvgIpc) is 4.03. The molecule has 2 saturated heterocycles. The van der Waals surface area contributed by atoms with Gasteiger partial charge in [-0.25, -0.2) is 19.6 Å². The summed E-state index contributed by atoms with van der Waals surface area (Å²) in [6, 6.07) is 12.3. The lowest BCUT2D eigenvalue weighted by Gasteiger charge is -2.29. The van der Waals surface area contributed by atoms with E-state index in [0.717, 1.165) is 81.5 Å². The van der Waals surface area contributed by atoms with Crippen molar-refractivity contribution in [1.82, 2.24) is 45.4 Å². The van der Waals surface area contributed by atoms with E-state index in [0.29, 0.717) is 18.9 Å². The molecule has 7 rings (SSSR count). The Morgan fingerprint density at radius 1 is 0.702 bits per heavy atom. The van der Waals surface area contributed by atoms with Gasteiger partial charge in [-0.3, -0.25) is 14.6 Å². The first kappa shape index (κ1) is 39.3. The van der Waals surface area contributed by atoms with Crippen LogP contribution in [0.5, 0.6) is 0 Å². The van der Waals surface area contributed by atoms with Gasteiger partial charge in [0.05, 0.1) is 54.1 Å². The normalized spacial score (nSPS) is 18.1. The minimum Gasteiger partial charge on any atom is -0.453 e. The van der Waals surface area contributed by atoms with Crippen molar-refractivity contribution in [3.63, 3.8) is 0 Å². The van der Waals surface area contributed by atoms with Crippen LogP contribution in [0.25, 0.3) is 44.5 Å². The van der Waals surface area contributed by atoms with Gasteiger partial charge in [0.15, 0.2) is 0 Å². The smallest absolute Gasteiger partial charge is 0.407 e. The molecule has 300 valence electrons. The molecule has 15 heteroatoms. The molecule has 4 N–H and O–H groups in total. The Balaban J connectivity index is 1.09. The molecule has 0 radical (unpaired) electrons. The number of rotatable bonds is 10. The minimum atomic E-state index is -0.702. The van der Waals surface area contributed by atoms with Gasteiger partial charge < -0.3 is 39.9 Å². The lowest BCUT2D eigenvalue weighted by atomic mass is 10.0. The lowest BCUT2D eigenvalue weighted by molar-refractivity contribution is -0.136. The topological polar surface area (TPSA) is 188 Å². The van der Waals surface area contributed by atoms with E-state index in [1.807, 2.05) is 80.9 Å². The Morgan fingerprint density at radius 2 is 1.18 bits per heavy atom. The van der Waals surface area contributed by atoms with Crippen LogP contribution in [0.1, 0.15) is 82.7 Å². The second kappa shape index (κ2) is 16.2. The molecule has 5 aromatic rings. The molecule has 2 aliphatic heterocycles. The van der Waals surface area contributed by atoms with E-state index in [4.69, 9.17) is 24.4 Å². The molecule has 15 nitrogen and oxygen atoms in total. The molecule has 2 aromatic carbocycles. The highest BCUT2D eigenvalue weighted by Crippen LogP contribution is 2.36. The number of alkyl carbamates (subject to hydrolysis) is 2. The number of aromatic amines is 2. The number of fused-ring (bicyclic) bond motifs is 2. The molecule has 0 aliphatic carbocycles. The number of carbonyl (C=O) groups excluding carboxylic acids is 4. The summed E-state index contributed by atoms with van der Waals surface area (Å²) in [6.07, 6.45) is 3.82. The zero-order valence-electron chi connectivity index (χ0n) is 33.5. The predicted molar refractivity (Wildman–Crippen MR) is 215 cm³/mol. The summed E-state index contributed by atoms with van der Waals surface area (Å²) < 4.78 is 9.55. The van der Waals surface area contributed by atoms with E-state index in [-0.39, 0.29) is 35.7 Å². The van der Waals surface area contributed by atoms with Crippen LogP contribution < -0.4 is 10.6 Å². The first-order valence-corrected chi connectivity index (χ1v) is 19.6. The van der Waals surface area contributed by atoms with Crippen molar-refractivity contribution >= 4 is 46.1 Å². The minimum absolute atomic E-state index is 0.116. The molecular formula is C42H51N9O6. The van der Waals surface area contributed by atoms with Gasteiger partial charge in [-0.15, -0.1) is 0 Å². The summed E-state index contributed by atoms with van der Waals surface area (Å²) in [5.74, 6) is 0.909. The quantitative estimate of drug-likeness (QED) is 0.122. The van der Waals surface area contributed by atoms with Crippen LogP contribution in [-0.4, -0.2) is 98.1 Å². The van der Waals surface area contributed by atoms with Crippen LogP contribution in [0.4, 0.5) is 9.59 Å². The summed E-state index contributed by atoms with van der Waals surface area (Å²) in [7, 11) is 2.58. The summed E-state index contributed by atoms with van der Waals surface area (Å²) in [5.41, 5.74) is 8.03. The summed E-state index contributed by atoms with van der Waals surface area (Å²) in [6.45, 7) is 10.8. The van der Waals surface area contributed by atoms with Crippen LogP contribution in [0.3, 0.4) is 0 Å². The number of benzene rings is 2. The first-order valence-electron chi connectivity index (χ1n) is 19.6. The van der Waals surface area contributed by atoms with Crippen molar-refractivity contribution in [2.45, 2.75) is 84.5 Å². The molecule has 0 spiro atoms. The maximum atomic E-state index is 13.6. The number of amides is 4. The number of H-pyrrole nitrogens is 2. The van der Waals surface area contributed by atoms with E-state index in [1.165, 1.54) is 14.2 Å². The van der Waals surface area contributed by atoms with Gasteiger partial charge in [0.1, 0.15) is 23.7 Å². The molecule has 0 bridgehead atoms. The van der Waals surface area contributed by atoms with Crippen LogP contribution in [0.2, 0.25) is 0 Å². The summed E-state index contributed by atoms with van der Waals surface area (Å²) in [4.78, 5) is 76.5. The van der Waals surface area contributed by atoms with E-state index in [1.54, 1.807) is 0 Å². The highest BCUT2D eigenvalue weighted by atomic mass is 16.5. The second-order valence-corrected chi connectivity index (χ2v) is 15.7. The largest absolute Gasteiger partial charge is 0.453 e. The highest BCUT2D eigenvalue weighted by molar-refractivity contribution is 5.88. The number of methoxy groups -OCH3 is 2. The summed E-state index contributed by atoms with van der Waals surface area (Å²) >= 11 is 0. The number of hydrogen-bond acceptors (Lipinski definition) is 9. The van der Waals surface area contributed by atoms with Crippen LogP contribution in [0, 0.1) is 18.8 Å². The lowest BCUT2D eigenvalue weighted by Crippen LogP contribution is -2.51. The summed E-state index contributed by atoms with van der Waals surface area (Å²) in [5, 5.41) is 5.41. The van der Waals surface area contributed by atoms with Gasteiger partial charge in [-0.05, 0) is 85.9 Å². The number of aryl methyl sites for hydroxylation is 1. The van der Waals surface area contributed by atoms with Gasteiger partial charge in [-0.2, -0.15) is 0 Å². The first-order chi connectivity index (χ1) is 27.4. The number of ether oxygens (including phenoxy) is 2. The van der Waals surface area contributed by atoms with E-state index >= 15 is 0 Å². The third-order valence-electron chi connectivity index (χ3n) is 11.2. The van der Waals surface area contributed by atoms with Gasteiger partial charge in [0.25, 0.3) is 0 Å². The monoisotopic (exact) mass is 777 g/mol. The molecule has 3 aromatic heterocycles. The number of pyridine rings is 1. The Kier molecular flexibility index (Phi) is 11.2. The molecular weight excluding hydrogens is 727 g/mol. The predicted octanol–water partition coefficient (Wildman–Crippen LogP) is 6.56. The number of imidazole rings is 2. The maximum absolute atomic E-state index is 13.6. The van der Waals surface area contributed by atoms with Crippen LogP contribution in [-0.2, 0) is 19.1 Å². The number of nitrogens with one attached hydrogen (secondary N) is 4. The Hall–Kier alpha value is -5.99. The Bertz CT molecular complexity index is 2320. The van der Waals surface area contributed by atoms with Crippen LogP contribution in [0.15, 0.2) is 48.7 Å². The van der Waals surface area contributed by atoms with Crippen molar-refractivity contribution in [2.24, 2.45) is 11.8 Å². The van der Waals surface area contributed by atoms with Gasteiger partial charge in [0.2, 0.25) is 11.8 Å². The number of hydrogen-bond donors (Lipinski definition) is 4. The van der Waals surface area contributed by atoms with Gasteiger partial charge >= 0.3 is 12.2 Å². The molecule has 4 amide bonds.